The first-order valence-corrected chi connectivity index (χ1v) is 11.0. The molecule has 0 unspecified atom stereocenters. The molecule has 156 valence electrons. The molecule has 0 aliphatic carbocycles. The minimum atomic E-state index is -3.88. The van der Waals surface area contributed by atoms with Gasteiger partial charge >= 0.3 is 0 Å². The fraction of sp³-hybridized carbons (Fsp3) is 0.350. The van der Waals surface area contributed by atoms with Crippen molar-refractivity contribution < 1.29 is 18.1 Å². The summed E-state index contributed by atoms with van der Waals surface area (Å²) in [4.78, 5) is 23.4. The van der Waals surface area contributed by atoms with E-state index in [9.17, 15) is 23.3 Å². The summed E-state index contributed by atoms with van der Waals surface area (Å²) in [5, 5.41) is 13.9. The summed E-state index contributed by atoms with van der Waals surface area (Å²) in [5.41, 5.74) is 2.38. The van der Waals surface area contributed by atoms with Gasteiger partial charge in [-0.3, -0.25) is 19.2 Å². The zero-order valence-electron chi connectivity index (χ0n) is 16.9. The first-order chi connectivity index (χ1) is 13.5. The van der Waals surface area contributed by atoms with Gasteiger partial charge in [-0.15, -0.1) is 0 Å². The van der Waals surface area contributed by atoms with E-state index in [1.54, 1.807) is 13.8 Å². The molecule has 1 N–H and O–H groups in total. The molecule has 0 aromatic heterocycles. The normalized spacial score (nSPS) is 12.3. The Labute approximate surface area is 170 Å². The number of hydrogen-bond donors (Lipinski definition) is 1. The van der Waals surface area contributed by atoms with Gasteiger partial charge in [-0.1, -0.05) is 42.8 Å². The van der Waals surface area contributed by atoms with E-state index in [2.05, 4.69) is 5.32 Å². The number of aryl methyl sites for hydroxylation is 2. The summed E-state index contributed by atoms with van der Waals surface area (Å²) < 4.78 is 26.1. The average molecular weight is 420 g/mol. The average Bonchev–Trinajstić information content (AvgIpc) is 2.65. The van der Waals surface area contributed by atoms with Crippen LogP contribution in [-0.2, 0) is 21.4 Å². The van der Waals surface area contributed by atoms with Crippen LogP contribution in [0.4, 0.5) is 11.4 Å². The first kappa shape index (κ1) is 22.4. The number of hydrogen-bond acceptors (Lipinski definition) is 5. The Morgan fingerprint density at radius 3 is 2.31 bits per heavy atom. The standard InChI is InChI=1S/C20H25N3O5S/c1-5-18(20(24)21-13-16-9-6-14(2)7-10-16)22(29(4,27)28)19-12-17(23(25)26)11-8-15(19)3/h6-12,18H,5,13H2,1-4H3,(H,21,24)/t18-/m0/s1. The van der Waals surface area contributed by atoms with Crippen molar-refractivity contribution in [3.63, 3.8) is 0 Å². The van der Waals surface area contributed by atoms with Crippen molar-refractivity contribution in [1.29, 1.82) is 0 Å². The van der Waals surface area contributed by atoms with Crippen molar-refractivity contribution in [2.75, 3.05) is 10.6 Å². The molecule has 0 saturated carbocycles. The van der Waals surface area contributed by atoms with Gasteiger partial charge in [-0.2, -0.15) is 0 Å². The van der Waals surface area contributed by atoms with E-state index in [0.29, 0.717) is 5.56 Å². The summed E-state index contributed by atoms with van der Waals surface area (Å²) in [6, 6.07) is 10.6. The van der Waals surface area contributed by atoms with Crippen molar-refractivity contribution in [2.45, 2.75) is 39.8 Å². The Morgan fingerprint density at radius 1 is 1.17 bits per heavy atom. The van der Waals surface area contributed by atoms with E-state index in [4.69, 9.17) is 0 Å². The van der Waals surface area contributed by atoms with Crippen LogP contribution in [-0.4, -0.2) is 31.5 Å². The summed E-state index contributed by atoms with van der Waals surface area (Å²) in [7, 11) is -3.88. The Bertz CT molecular complexity index is 1000. The van der Waals surface area contributed by atoms with Gasteiger partial charge in [0.2, 0.25) is 15.9 Å². The minimum absolute atomic E-state index is 0.124. The third-order valence-electron chi connectivity index (χ3n) is 4.56. The lowest BCUT2D eigenvalue weighted by Crippen LogP contribution is -2.49. The molecular formula is C20H25N3O5S. The lowest BCUT2D eigenvalue weighted by atomic mass is 10.1. The van der Waals surface area contributed by atoms with Gasteiger partial charge in [0.15, 0.2) is 0 Å². The molecule has 0 aliphatic rings. The van der Waals surface area contributed by atoms with Crippen LogP contribution < -0.4 is 9.62 Å². The Hall–Kier alpha value is -2.94. The molecule has 0 heterocycles. The Balaban J connectivity index is 2.37. The maximum absolute atomic E-state index is 12.9. The number of nitro benzene ring substituents is 1. The second-order valence-corrected chi connectivity index (χ2v) is 8.77. The van der Waals surface area contributed by atoms with Crippen LogP contribution in [0, 0.1) is 24.0 Å². The van der Waals surface area contributed by atoms with E-state index in [1.165, 1.54) is 18.2 Å². The monoisotopic (exact) mass is 419 g/mol. The van der Waals surface area contributed by atoms with E-state index in [-0.39, 0.29) is 24.3 Å². The highest BCUT2D eigenvalue weighted by Crippen LogP contribution is 2.30. The molecule has 0 saturated heterocycles. The fourth-order valence-corrected chi connectivity index (χ4v) is 4.26. The Kier molecular flexibility index (Phi) is 6.97. The number of nitro groups is 1. The summed E-state index contributed by atoms with van der Waals surface area (Å²) >= 11 is 0. The minimum Gasteiger partial charge on any atom is -0.350 e. The molecule has 2 rings (SSSR count). The second-order valence-electron chi connectivity index (χ2n) is 6.91. The molecule has 1 atom stereocenters. The largest absolute Gasteiger partial charge is 0.350 e. The number of non-ortho nitro benzene ring substituents is 1. The SMILES string of the molecule is CC[C@@H](C(=O)NCc1ccc(C)cc1)N(c1cc([N+](=O)[O-])ccc1C)S(C)(=O)=O. The number of nitrogens with zero attached hydrogens (tertiary/aromatic N) is 2. The summed E-state index contributed by atoms with van der Waals surface area (Å²) in [5.74, 6) is -0.468. The van der Waals surface area contributed by atoms with E-state index < -0.39 is 26.9 Å². The van der Waals surface area contributed by atoms with Crippen molar-refractivity contribution in [1.82, 2.24) is 5.32 Å². The first-order valence-electron chi connectivity index (χ1n) is 9.12. The molecule has 2 aromatic rings. The van der Waals surface area contributed by atoms with Crippen molar-refractivity contribution >= 4 is 27.3 Å². The van der Waals surface area contributed by atoms with Crippen LogP contribution in [0.25, 0.3) is 0 Å². The zero-order valence-corrected chi connectivity index (χ0v) is 17.7. The van der Waals surface area contributed by atoms with Crippen LogP contribution in [0.2, 0.25) is 0 Å². The smallest absolute Gasteiger partial charge is 0.271 e. The lowest BCUT2D eigenvalue weighted by molar-refractivity contribution is -0.384. The van der Waals surface area contributed by atoms with Crippen molar-refractivity contribution in [3.8, 4) is 0 Å². The quantitative estimate of drug-likeness (QED) is 0.522. The van der Waals surface area contributed by atoms with Gasteiger partial charge in [-0.25, -0.2) is 8.42 Å². The molecule has 1 amide bonds. The van der Waals surface area contributed by atoms with E-state index in [1.807, 2.05) is 31.2 Å². The molecule has 0 spiro atoms. The van der Waals surface area contributed by atoms with Gasteiger partial charge < -0.3 is 5.32 Å². The highest BCUT2D eigenvalue weighted by atomic mass is 32.2. The van der Waals surface area contributed by atoms with Crippen LogP contribution in [0.15, 0.2) is 42.5 Å². The molecule has 0 aliphatic heterocycles. The fourth-order valence-electron chi connectivity index (χ4n) is 3.00. The van der Waals surface area contributed by atoms with Crippen LogP contribution in [0.3, 0.4) is 0 Å². The molecular weight excluding hydrogens is 394 g/mol. The number of amides is 1. The summed E-state index contributed by atoms with van der Waals surface area (Å²) in [6.07, 6.45) is 1.19. The predicted octanol–water partition coefficient (Wildman–Crippen LogP) is 3.07. The third-order valence-corrected chi connectivity index (χ3v) is 5.72. The molecule has 0 bridgehead atoms. The molecule has 0 fully saturated rings. The van der Waals surface area contributed by atoms with E-state index >= 15 is 0 Å². The topological polar surface area (TPSA) is 110 Å². The van der Waals surface area contributed by atoms with Crippen LogP contribution in [0.5, 0.6) is 0 Å². The number of anilines is 1. The van der Waals surface area contributed by atoms with Gasteiger partial charge in [0, 0.05) is 18.7 Å². The highest BCUT2D eigenvalue weighted by molar-refractivity contribution is 7.92. The maximum atomic E-state index is 12.9. The zero-order chi connectivity index (χ0) is 21.8. The van der Waals surface area contributed by atoms with Crippen LogP contribution in [0.1, 0.15) is 30.0 Å². The van der Waals surface area contributed by atoms with Crippen molar-refractivity contribution in [2.24, 2.45) is 0 Å². The van der Waals surface area contributed by atoms with Gasteiger partial charge in [0.1, 0.15) is 6.04 Å². The van der Waals surface area contributed by atoms with Gasteiger partial charge in [0.25, 0.3) is 5.69 Å². The highest BCUT2D eigenvalue weighted by Gasteiger charge is 2.33. The summed E-state index contributed by atoms with van der Waals surface area (Å²) in [6.45, 7) is 5.55. The lowest BCUT2D eigenvalue weighted by Gasteiger charge is -2.31. The number of nitrogens with one attached hydrogen (secondary N) is 1. The van der Waals surface area contributed by atoms with E-state index in [0.717, 1.165) is 21.7 Å². The Morgan fingerprint density at radius 2 is 1.79 bits per heavy atom. The predicted molar refractivity (Wildman–Crippen MR) is 112 cm³/mol. The van der Waals surface area contributed by atoms with Crippen molar-refractivity contribution in [3.05, 3.63) is 69.3 Å². The molecule has 9 heteroatoms. The maximum Gasteiger partial charge on any atom is 0.271 e. The molecule has 8 nitrogen and oxygen atoms in total. The number of rotatable bonds is 8. The number of sulfonamides is 1. The van der Waals surface area contributed by atoms with Gasteiger partial charge in [-0.05, 0) is 31.4 Å². The van der Waals surface area contributed by atoms with Gasteiger partial charge in [0.05, 0.1) is 16.9 Å². The van der Waals surface area contributed by atoms with Crippen LogP contribution >= 0.6 is 0 Å². The number of benzene rings is 2. The molecule has 29 heavy (non-hydrogen) atoms. The number of carbonyl (C=O) groups excluding carboxylic acids is 1. The second kappa shape index (κ2) is 9.04. The molecule has 0 radical (unpaired) electrons. The molecule has 2 aromatic carbocycles. The third kappa shape index (κ3) is 5.54. The number of carbonyl (C=O) groups is 1.